The minimum Gasteiger partial charge on any atom is -0.477 e. The number of aryl methyl sites for hydroxylation is 1. The number of rotatable bonds is 4. The number of ether oxygens (including phenoxy) is 1. The first kappa shape index (κ1) is 17.5. The highest BCUT2D eigenvalue weighted by Gasteiger charge is 2.23. The molecule has 1 N–H and O–H groups in total. The fourth-order valence-corrected chi connectivity index (χ4v) is 3.06. The van der Waals surface area contributed by atoms with Crippen molar-refractivity contribution in [3.05, 3.63) is 53.2 Å². The van der Waals surface area contributed by atoms with Crippen molar-refractivity contribution in [2.45, 2.75) is 19.8 Å². The standard InChI is InChI=1S/C19H22ClN3O2/c1-14-5-4-10-21-18(14)25-13-15-8-11-23(12-9-15)19(24)22-17-7-3-2-6-16(17)20/h2-7,10,15H,8-9,11-13H2,1H3,(H,22,24). The van der Waals surface area contributed by atoms with Gasteiger partial charge in [-0.2, -0.15) is 0 Å². The van der Waals surface area contributed by atoms with Crippen LogP contribution in [0.4, 0.5) is 10.5 Å². The average Bonchev–Trinajstić information content (AvgIpc) is 2.63. The van der Waals surface area contributed by atoms with Gasteiger partial charge < -0.3 is 15.0 Å². The van der Waals surface area contributed by atoms with Gasteiger partial charge in [0.15, 0.2) is 0 Å². The van der Waals surface area contributed by atoms with Crippen LogP contribution in [0, 0.1) is 12.8 Å². The Morgan fingerprint density at radius 2 is 2.04 bits per heavy atom. The highest BCUT2D eigenvalue weighted by Crippen LogP contribution is 2.23. The average molecular weight is 360 g/mol. The van der Waals surface area contributed by atoms with Crippen LogP contribution in [0.5, 0.6) is 5.88 Å². The van der Waals surface area contributed by atoms with E-state index in [2.05, 4.69) is 10.3 Å². The molecule has 25 heavy (non-hydrogen) atoms. The van der Waals surface area contributed by atoms with E-state index >= 15 is 0 Å². The number of urea groups is 1. The molecule has 1 fully saturated rings. The third kappa shape index (κ3) is 4.63. The fourth-order valence-electron chi connectivity index (χ4n) is 2.88. The minimum atomic E-state index is -0.104. The highest BCUT2D eigenvalue weighted by molar-refractivity contribution is 6.33. The highest BCUT2D eigenvalue weighted by atomic mass is 35.5. The number of anilines is 1. The van der Waals surface area contributed by atoms with E-state index in [0.29, 0.717) is 42.2 Å². The number of hydrogen-bond donors (Lipinski definition) is 1. The van der Waals surface area contributed by atoms with Crippen LogP contribution in [0.2, 0.25) is 5.02 Å². The summed E-state index contributed by atoms with van der Waals surface area (Å²) < 4.78 is 5.84. The molecule has 0 radical (unpaired) electrons. The predicted octanol–water partition coefficient (Wildman–Crippen LogP) is 4.37. The van der Waals surface area contributed by atoms with Gasteiger partial charge in [-0.15, -0.1) is 0 Å². The Morgan fingerprint density at radius 3 is 2.76 bits per heavy atom. The number of likely N-dealkylation sites (tertiary alicyclic amines) is 1. The lowest BCUT2D eigenvalue weighted by atomic mass is 9.98. The summed E-state index contributed by atoms with van der Waals surface area (Å²) in [5, 5.41) is 3.42. The molecule has 0 spiro atoms. The summed E-state index contributed by atoms with van der Waals surface area (Å²) in [6.07, 6.45) is 3.58. The molecule has 1 aliphatic rings. The molecule has 1 aliphatic heterocycles. The minimum absolute atomic E-state index is 0.104. The van der Waals surface area contributed by atoms with Gasteiger partial charge in [0.1, 0.15) is 0 Å². The van der Waals surface area contributed by atoms with Gasteiger partial charge in [-0.05, 0) is 43.9 Å². The van der Waals surface area contributed by atoms with Gasteiger partial charge in [-0.1, -0.05) is 29.8 Å². The van der Waals surface area contributed by atoms with Crippen molar-refractivity contribution in [1.29, 1.82) is 0 Å². The number of nitrogens with zero attached hydrogens (tertiary/aromatic N) is 2. The molecule has 1 aromatic carbocycles. The van der Waals surface area contributed by atoms with E-state index in [0.717, 1.165) is 18.4 Å². The molecule has 0 saturated carbocycles. The Hall–Kier alpha value is -2.27. The van der Waals surface area contributed by atoms with Gasteiger partial charge in [-0.25, -0.2) is 9.78 Å². The summed E-state index contributed by atoms with van der Waals surface area (Å²) in [7, 11) is 0. The topological polar surface area (TPSA) is 54.5 Å². The van der Waals surface area contributed by atoms with Gasteiger partial charge in [0.2, 0.25) is 5.88 Å². The molecule has 2 aromatic rings. The molecule has 0 aliphatic carbocycles. The second kappa shape index (κ2) is 8.21. The maximum atomic E-state index is 12.4. The van der Waals surface area contributed by atoms with Crippen LogP contribution in [-0.4, -0.2) is 35.6 Å². The first-order valence-corrected chi connectivity index (χ1v) is 8.86. The Labute approximate surface area is 153 Å². The molecule has 2 heterocycles. The molecule has 2 amide bonds. The van der Waals surface area contributed by atoms with Gasteiger partial charge in [0, 0.05) is 24.8 Å². The molecule has 132 valence electrons. The summed E-state index contributed by atoms with van der Waals surface area (Å²) in [6, 6.07) is 11.0. The van der Waals surface area contributed by atoms with E-state index in [1.54, 1.807) is 18.3 Å². The summed E-state index contributed by atoms with van der Waals surface area (Å²) in [5.74, 6) is 1.13. The molecule has 0 bridgehead atoms. The van der Waals surface area contributed by atoms with Gasteiger partial charge in [0.05, 0.1) is 17.3 Å². The van der Waals surface area contributed by atoms with Crippen molar-refractivity contribution in [2.75, 3.05) is 25.0 Å². The number of carbonyl (C=O) groups is 1. The zero-order valence-corrected chi connectivity index (χ0v) is 15.0. The van der Waals surface area contributed by atoms with E-state index in [1.807, 2.05) is 36.1 Å². The number of hydrogen-bond acceptors (Lipinski definition) is 3. The van der Waals surface area contributed by atoms with E-state index in [-0.39, 0.29) is 6.03 Å². The monoisotopic (exact) mass is 359 g/mol. The van der Waals surface area contributed by atoms with Crippen LogP contribution >= 0.6 is 11.6 Å². The van der Waals surface area contributed by atoms with Crippen LogP contribution in [0.3, 0.4) is 0 Å². The molecular weight excluding hydrogens is 338 g/mol. The van der Waals surface area contributed by atoms with E-state index in [1.165, 1.54) is 0 Å². The molecule has 0 atom stereocenters. The first-order valence-electron chi connectivity index (χ1n) is 8.48. The summed E-state index contributed by atoms with van der Waals surface area (Å²) in [5.41, 5.74) is 1.68. The van der Waals surface area contributed by atoms with Crippen molar-refractivity contribution in [3.8, 4) is 5.88 Å². The lowest BCUT2D eigenvalue weighted by Crippen LogP contribution is -2.42. The lowest BCUT2D eigenvalue weighted by molar-refractivity contribution is 0.150. The summed E-state index contributed by atoms with van der Waals surface area (Å²) in [6.45, 7) is 4.05. The largest absolute Gasteiger partial charge is 0.477 e. The van der Waals surface area contributed by atoms with Gasteiger partial charge in [0.25, 0.3) is 0 Å². The van der Waals surface area contributed by atoms with Crippen molar-refractivity contribution in [1.82, 2.24) is 9.88 Å². The number of carbonyl (C=O) groups excluding carboxylic acids is 1. The van der Waals surface area contributed by atoms with Crippen molar-refractivity contribution >= 4 is 23.3 Å². The van der Waals surface area contributed by atoms with E-state index in [4.69, 9.17) is 16.3 Å². The number of pyridine rings is 1. The second-order valence-electron chi connectivity index (χ2n) is 6.28. The summed E-state index contributed by atoms with van der Waals surface area (Å²) >= 11 is 6.09. The molecular formula is C19H22ClN3O2. The molecule has 5 nitrogen and oxygen atoms in total. The number of piperidine rings is 1. The van der Waals surface area contributed by atoms with Crippen LogP contribution < -0.4 is 10.1 Å². The van der Waals surface area contributed by atoms with Crippen LogP contribution in [-0.2, 0) is 0 Å². The third-order valence-electron chi connectivity index (χ3n) is 4.43. The van der Waals surface area contributed by atoms with Crippen LogP contribution in [0.1, 0.15) is 18.4 Å². The number of aromatic nitrogens is 1. The fraction of sp³-hybridized carbons (Fsp3) is 0.368. The van der Waals surface area contributed by atoms with Crippen molar-refractivity contribution < 1.29 is 9.53 Å². The van der Waals surface area contributed by atoms with Crippen molar-refractivity contribution in [2.24, 2.45) is 5.92 Å². The number of benzene rings is 1. The van der Waals surface area contributed by atoms with Gasteiger partial charge in [-0.3, -0.25) is 0 Å². The quantitative estimate of drug-likeness (QED) is 0.882. The molecule has 0 unspecified atom stereocenters. The maximum Gasteiger partial charge on any atom is 0.321 e. The number of para-hydroxylation sites is 1. The maximum absolute atomic E-state index is 12.4. The Morgan fingerprint density at radius 1 is 1.28 bits per heavy atom. The molecule has 1 saturated heterocycles. The van der Waals surface area contributed by atoms with E-state index < -0.39 is 0 Å². The third-order valence-corrected chi connectivity index (χ3v) is 4.76. The normalized spacial score (nSPS) is 15.0. The molecule has 6 heteroatoms. The Bertz CT molecular complexity index is 730. The number of amides is 2. The number of halogens is 1. The predicted molar refractivity (Wildman–Crippen MR) is 99.2 cm³/mol. The van der Waals surface area contributed by atoms with Gasteiger partial charge >= 0.3 is 6.03 Å². The SMILES string of the molecule is Cc1cccnc1OCC1CCN(C(=O)Nc2ccccc2Cl)CC1. The smallest absolute Gasteiger partial charge is 0.321 e. The second-order valence-corrected chi connectivity index (χ2v) is 6.68. The Balaban J connectivity index is 1.46. The zero-order valence-electron chi connectivity index (χ0n) is 14.2. The number of nitrogens with one attached hydrogen (secondary N) is 1. The molecule has 3 rings (SSSR count). The van der Waals surface area contributed by atoms with E-state index in [9.17, 15) is 4.79 Å². The van der Waals surface area contributed by atoms with Crippen LogP contribution in [0.25, 0.3) is 0 Å². The van der Waals surface area contributed by atoms with Crippen molar-refractivity contribution in [3.63, 3.8) is 0 Å². The first-order chi connectivity index (χ1) is 12.1. The molecule has 1 aromatic heterocycles. The van der Waals surface area contributed by atoms with Crippen LogP contribution in [0.15, 0.2) is 42.6 Å². The zero-order chi connectivity index (χ0) is 17.6. The lowest BCUT2D eigenvalue weighted by Gasteiger charge is -2.32. The Kier molecular flexibility index (Phi) is 5.76. The summed E-state index contributed by atoms with van der Waals surface area (Å²) in [4.78, 5) is 18.4.